The minimum absolute atomic E-state index is 0.681. The van der Waals surface area contributed by atoms with Crippen molar-refractivity contribution in [2.24, 2.45) is 4.99 Å². The van der Waals surface area contributed by atoms with E-state index in [9.17, 15) is 0 Å². The SMILES string of the molecule is [CH]S(C)(O)CCCCN=C=S. The van der Waals surface area contributed by atoms with Crippen molar-refractivity contribution in [3.63, 3.8) is 0 Å². The molecule has 1 N–H and O–H groups in total. The Kier molecular flexibility index (Phi) is 5.78. The summed E-state index contributed by atoms with van der Waals surface area (Å²) >= 11 is 4.39. The molecule has 2 nitrogen and oxygen atoms in total. The number of thiocarbonyl (C=S) groups is 1. The second kappa shape index (κ2) is 5.72. The Morgan fingerprint density at radius 1 is 1.64 bits per heavy atom. The van der Waals surface area contributed by atoms with E-state index < -0.39 is 10.3 Å². The molecule has 0 aromatic rings. The average molecular weight is 191 g/mol. The molecule has 0 aliphatic carbocycles. The fourth-order valence-corrected chi connectivity index (χ4v) is 1.51. The van der Waals surface area contributed by atoms with Crippen LogP contribution in [-0.4, -0.2) is 28.3 Å². The maximum Gasteiger partial charge on any atom is 0.0584 e. The lowest BCUT2D eigenvalue weighted by Gasteiger charge is -2.21. The minimum Gasteiger partial charge on any atom is -0.351 e. The van der Waals surface area contributed by atoms with E-state index in [1.165, 1.54) is 0 Å². The van der Waals surface area contributed by atoms with Crippen LogP contribution in [0.4, 0.5) is 0 Å². The van der Waals surface area contributed by atoms with Gasteiger partial charge >= 0.3 is 0 Å². The molecule has 0 saturated heterocycles. The van der Waals surface area contributed by atoms with Crippen molar-refractivity contribution in [2.75, 3.05) is 18.6 Å². The molecule has 64 valence electrons. The first-order chi connectivity index (χ1) is 5.06. The molecule has 0 aromatic heterocycles. The van der Waals surface area contributed by atoms with Gasteiger partial charge in [0.25, 0.3) is 0 Å². The quantitative estimate of drug-likeness (QED) is 0.411. The van der Waals surface area contributed by atoms with Crippen molar-refractivity contribution in [3.05, 3.63) is 6.26 Å². The molecular weight excluding hydrogens is 178 g/mol. The van der Waals surface area contributed by atoms with Gasteiger partial charge in [0, 0.05) is 12.8 Å². The summed E-state index contributed by atoms with van der Waals surface area (Å²) in [6, 6.07) is 0. The van der Waals surface area contributed by atoms with Gasteiger partial charge < -0.3 is 4.55 Å². The van der Waals surface area contributed by atoms with Gasteiger partial charge in [0.1, 0.15) is 0 Å². The minimum atomic E-state index is -1.80. The molecule has 0 aliphatic heterocycles. The summed E-state index contributed by atoms with van der Waals surface area (Å²) in [5.41, 5.74) is 0. The summed E-state index contributed by atoms with van der Waals surface area (Å²) < 4.78 is 9.17. The van der Waals surface area contributed by atoms with Crippen LogP contribution in [0.5, 0.6) is 0 Å². The van der Waals surface area contributed by atoms with E-state index in [0.29, 0.717) is 12.3 Å². The highest BCUT2D eigenvalue weighted by atomic mass is 32.3. The zero-order valence-corrected chi connectivity index (χ0v) is 8.25. The Hall–Kier alpha value is 0.110. The third kappa shape index (κ3) is 10.1. The van der Waals surface area contributed by atoms with Crippen LogP contribution >= 0.6 is 22.5 Å². The van der Waals surface area contributed by atoms with Crippen LogP contribution < -0.4 is 0 Å². The van der Waals surface area contributed by atoms with Crippen LogP contribution in [0.25, 0.3) is 0 Å². The van der Waals surface area contributed by atoms with Crippen molar-refractivity contribution in [3.8, 4) is 0 Å². The number of hydrogen-bond acceptors (Lipinski definition) is 3. The summed E-state index contributed by atoms with van der Waals surface area (Å²) in [6.45, 7) is 0.693. The Bertz CT molecular complexity index is 147. The number of unbranched alkanes of at least 4 members (excludes halogenated alkanes) is 1. The number of nitrogens with zero attached hydrogens (tertiary/aromatic N) is 1. The molecule has 0 spiro atoms. The van der Waals surface area contributed by atoms with E-state index in [-0.39, 0.29) is 0 Å². The highest BCUT2D eigenvalue weighted by Crippen LogP contribution is 2.37. The van der Waals surface area contributed by atoms with Gasteiger partial charge in [-0.1, -0.05) is 0 Å². The third-order valence-electron chi connectivity index (χ3n) is 1.14. The lowest BCUT2D eigenvalue weighted by atomic mass is 10.3. The van der Waals surface area contributed by atoms with Gasteiger partial charge in [0.05, 0.1) is 5.16 Å². The molecule has 2 radical (unpaired) electrons. The van der Waals surface area contributed by atoms with Gasteiger partial charge in [-0.05, 0) is 37.1 Å². The van der Waals surface area contributed by atoms with E-state index in [2.05, 4.69) is 22.4 Å². The Labute approximate surface area is 75.2 Å². The van der Waals surface area contributed by atoms with E-state index in [0.717, 1.165) is 12.8 Å². The first-order valence-electron chi connectivity index (χ1n) is 3.36. The third-order valence-corrected chi connectivity index (χ3v) is 2.39. The largest absolute Gasteiger partial charge is 0.351 e. The number of hydrogen-bond donors (Lipinski definition) is 1. The molecule has 1 unspecified atom stereocenters. The van der Waals surface area contributed by atoms with Gasteiger partial charge in [-0.3, -0.25) is 0 Å². The molecule has 0 aromatic carbocycles. The zero-order valence-electron chi connectivity index (χ0n) is 6.62. The predicted octanol–water partition coefficient (Wildman–Crippen LogP) is 2.45. The Morgan fingerprint density at radius 2 is 2.27 bits per heavy atom. The molecule has 0 heterocycles. The zero-order chi connectivity index (χ0) is 8.74. The summed E-state index contributed by atoms with van der Waals surface area (Å²) in [5.74, 6) is 0.681. The standard InChI is InChI=1S/C7H13NOS2/c1-11(2,9)6-4-3-5-8-7-10/h1,9H,3-6H2,2H3. The van der Waals surface area contributed by atoms with Gasteiger partial charge in [-0.2, -0.15) is 0 Å². The van der Waals surface area contributed by atoms with Crippen LogP contribution in [-0.2, 0) is 0 Å². The lowest BCUT2D eigenvalue weighted by molar-refractivity contribution is 0.634. The first kappa shape index (κ1) is 11.1. The monoisotopic (exact) mass is 191 g/mol. The second-order valence-corrected chi connectivity index (χ2v) is 5.30. The summed E-state index contributed by atoms with van der Waals surface area (Å²) in [6.07, 6.45) is 8.92. The molecule has 0 aliphatic rings. The summed E-state index contributed by atoms with van der Waals surface area (Å²) in [4.78, 5) is 3.74. The number of aliphatic imine (C=N–C) groups is 1. The average Bonchev–Trinajstić information content (AvgIpc) is 1.85. The van der Waals surface area contributed by atoms with Crippen molar-refractivity contribution >= 4 is 27.7 Å². The normalized spacial score (nSPS) is 12.3. The maximum atomic E-state index is 9.17. The highest BCUT2D eigenvalue weighted by molar-refractivity contribution is 8.29. The van der Waals surface area contributed by atoms with Crippen LogP contribution in [0, 0.1) is 6.26 Å². The smallest absolute Gasteiger partial charge is 0.0584 e. The van der Waals surface area contributed by atoms with Crippen LogP contribution in [0.1, 0.15) is 12.8 Å². The fourth-order valence-electron chi connectivity index (χ4n) is 0.631. The van der Waals surface area contributed by atoms with Crippen LogP contribution in [0.2, 0.25) is 0 Å². The second-order valence-electron chi connectivity index (χ2n) is 2.49. The summed E-state index contributed by atoms with van der Waals surface area (Å²) in [7, 11) is -1.80. The first-order valence-corrected chi connectivity index (χ1v) is 6.00. The number of rotatable bonds is 5. The molecule has 0 fully saturated rings. The molecule has 0 amide bonds. The number of isothiocyanates is 1. The predicted molar refractivity (Wildman–Crippen MR) is 54.4 cm³/mol. The van der Waals surface area contributed by atoms with E-state index in [4.69, 9.17) is 10.8 Å². The fraction of sp³-hybridized carbons (Fsp3) is 0.714. The van der Waals surface area contributed by atoms with Gasteiger partial charge in [-0.15, -0.1) is 10.3 Å². The molecule has 0 saturated carbocycles. The Morgan fingerprint density at radius 3 is 2.73 bits per heavy atom. The van der Waals surface area contributed by atoms with Gasteiger partial charge in [0.15, 0.2) is 0 Å². The van der Waals surface area contributed by atoms with Crippen LogP contribution in [0.15, 0.2) is 4.99 Å². The van der Waals surface area contributed by atoms with E-state index in [1.54, 1.807) is 6.26 Å². The lowest BCUT2D eigenvalue weighted by Crippen LogP contribution is -1.97. The van der Waals surface area contributed by atoms with Gasteiger partial charge in [0.2, 0.25) is 0 Å². The molecule has 0 rings (SSSR count). The van der Waals surface area contributed by atoms with E-state index in [1.807, 2.05) is 0 Å². The van der Waals surface area contributed by atoms with Crippen molar-refractivity contribution in [1.82, 2.24) is 0 Å². The highest BCUT2D eigenvalue weighted by Gasteiger charge is 2.04. The summed E-state index contributed by atoms with van der Waals surface area (Å²) in [5, 5.41) is 2.29. The molecule has 1 atom stereocenters. The molecule has 11 heavy (non-hydrogen) atoms. The molecule has 0 bridgehead atoms. The van der Waals surface area contributed by atoms with E-state index >= 15 is 0 Å². The molecule has 4 heteroatoms. The van der Waals surface area contributed by atoms with Crippen molar-refractivity contribution in [1.29, 1.82) is 0 Å². The molecular formula is C7H13NOS2. The van der Waals surface area contributed by atoms with Gasteiger partial charge in [-0.25, -0.2) is 4.99 Å². The van der Waals surface area contributed by atoms with Crippen molar-refractivity contribution < 1.29 is 4.55 Å². The topological polar surface area (TPSA) is 32.6 Å². The van der Waals surface area contributed by atoms with Crippen molar-refractivity contribution in [2.45, 2.75) is 12.8 Å². The maximum absolute atomic E-state index is 9.17. The van der Waals surface area contributed by atoms with Crippen LogP contribution in [0.3, 0.4) is 0 Å². The Balaban J connectivity index is 3.21.